The highest BCUT2D eigenvalue weighted by Crippen LogP contribution is 2.32. The van der Waals surface area contributed by atoms with Crippen molar-refractivity contribution in [3.05, 3.63) is 65.2 Å². The van der Waals surface area contributed by atoms with Crippen molar-refractivity contribution in [1.29, 1.82) is 0 Å². The zero-order valence-corrected chi connectivity index (χ0v) is 14.1. The summed E-state index contributed by atoms with van der Waals surface area (Å²) in [7, 11) is 0. The van der Waals surface area contributed by atoms with Crippen molar-refractivity contribution in [3.63, 3.8) is 0 Å². The second-order valence-electron chi connectivity index (χ2n) is 6.39. The summed E-state index contributed by atoms with van der Waals surface area (Å²) in [6.07, 6.45) is 3.80. The molecule has 25 heavy (non-hydrogen) atoms. The van der Waals surface area contributed by atoms with Gasteiger partial charge in [0.2, 0.25) is 5.91 Å². The monoisotopic (exact) mass is 335 g/mol. The Morgan fingerprint density at radius 3 is 2.64 bits per heavy atom. The van der Waals surface area contributed by atoms with E-state index in [1.807, 2.05) is 47.4 Å². The van der Waals surface area contributed by atoms with Gasteiger partial charge in [0.25, 0.3) is 0 Å². The molecule has 1 amide bonds. The molecule has 0 unspecified atom stereocenters. The minimum atomic E-state index is 0.130. The van der Waals surface area contributed by atoms with Crippen molar-refractivity contribution in [1.82, 2.24) is 4.90 Å². The highest BCUT2D eigenvalue weighted by atomic mass is 16.6. The summed E-state index contributed by atoms with van der Waals surface area (Å²) < 4.78 is 11.2. The van der Waals surface area contributed by atoms with Crippen LogP contribution in [0.5, 0.6) is 11.5 Å². The van der Waals surface area contributed by atoms with Crippen molar-refractivity contribution in [2.45, 2.75) is 19.4 Å². The number of carbonyl (C=O) groups is 1. The number of likely N-dealkylation sites (tertiary alicyclic amines) is 1. The molecule has 2 aromatic carbocycles. The normalized spacial score (nSPS) is 18.5. The van der Waals surface area contributed by atoms with Crippen LogP contribution in [0.3, 0.4) is 0 Å². The number of fused-ring (bicyclic) bond motifs is 1. The van der Waals surface area contributed by atoms with Gasteiger partial charge in [-0.3, -0.25) is 4.79 Å². The Hall–Kier alpha value is -2.75. The zero-order valence-electron chi connectivity index (χ0n) is 14.1. The molecule has 2 heterocycles. The number of ether oxygens (including phenoxy) is 2. The number of rotatable bonds is 3. The Morgan fingerprint density at radius 1 is 1.00 bits per heavy atom. The summed E-state index contributed by atoms with van der Waals surface area (Å²) in [5, 5.41) is 0. The van der Waals surface area contributed by atoms with Gasteiger partial charge < -0.3 is 14.4 Å². The van der Waals surface area contributed by atoms with Gasteiger partial charge in [-0.15, -0.1) is 0 Å². The Labute approximate surface area is 147 Å². The molecule has 128 valence electrons. The summed E-state index contributed by atoms with van der Waals surface area (Å²) in [5.41, 5.74) is 3.00. The second kappa shape index (κ2) is 7.01. The quantitative estimate of drug-likeness (QED) is 0.804. The molecule has 0 radical (unpaired) electrons. The average Bonchev–Trinajstić information content (AvgIpc) is 2.66. The summed E-state index contributed by atoms with van der Waals surface area (Å²) in [4.78, 5) is 14.8. The van der Waals surface area contributed by atoms with Crippen LogP contribution in [0.15, 0.2) is 54.1 Å². The van der Waals surface area contributed by atoms with Crippen LogP contribution in [0.1, 0.15) is 24.0 Å². The van der Waals surface area contributed by atoms with Crippen molar-refractivity contribution < 1.29 is 14.3 Å². The second-order valence-corrected chi connectivity index (χ2v) is 6.39. The number of amides is 1. The molecule has 4 heteroatoms. The van der Waals surface area contributed by atoms with Crippen LogP contribution in [0.4, 0.5) is 0 Å². The molecule has 2 aliphatic rings. The first-order valence-corrected chi connectivity index (χ1v) is 8.73. The highest BCUT2D eigenvalue weighted by molar-refractivity contribution is 5.98. The van der Waals surface area contributed by atoms with E-state index in [0.29, 0.717) is 19.8 Å². The Balaban J connectivity index is 1.53. The lowest BCUT2D eigenvalue weighted by atomic mass is 10.00. The first-order chi connectivity index (χ1) is 12.3. The fourth-order valence-electron chi connectivity index (χ4n) is 3.31. The predicted octanol–water partition coefficient (Wildman–Crippen LogP) is 3.66. The van der Waals surface area contributed by atoms with E-state index in [-0.39, 0.29) is 5.91 Å². The van der Waals surface area contributed by atoms with Crippen LogP contribution in [-0.4, -0.2) is 30.6 Å². The van der Waals surface area contributed by atoms with Gasteiger partial charge in [-0.25, -0.2) is 0 Å². The molecular weight excluding hydrogens is 314 g/mol. The molecule has 2 aromatic rings. The molecule has 0 saturated carbocycles. The van der Waals surface area contributed by atoms with E-state index in [9.17, 15) is 4.79 Å². The molecule has 0 aromatic heterocycles. The van der Waals surface area contributed by atoms with Gasteiger partial charge in [-0.2, -0.15) is 0 Å². The lowest BCUT2D eigenvalue weighted by Gasteiger charge is -2.28. The van der Waals surface area contributed by atoms with Gasteiger partial charge in [0.05, 0.1) is 0 Å². The molecule has 2 aliphatic heterocycles. The minimum Gasteiger partial charge on any atom is -0.486 e. The standard InChI is InChI=1S/C21H21NO3/c23-21-18(7-4-10-22(21)15-16-5-2-1-3-6-16)13-17-8-9-19-20(14-17)25-12-11-24-19/h1-3,5-6,8-9,13-14H,4,7,10-12,15H2/b18-13+. The van der Waals surface area contributed by atoms with Gasteiger partial charge in [-0.1, -0.05) is 36.4 Å². The van der Waals surface area contributed by atoms with E-state index < -0.39 is 0 Å². The SMILES string of the molecule is O=C1/C(=C/c2ccc3c(c2)OCCO3)CCCN1Cc1ccccc1. The molecule has 4 nitrogen and oxygen atoms in total. The molecular formula is C21H21NO3. The van der Waals surface area contributed by atoms with Crippen molar-refractivity contribution in [3.8, 4) is 11.5 Å². The number of piperidine rings is 1. The van der Waals surface area contributed by atoms with Crippen LogP contribution in [-0.2, 0) is 11.3 Å². The molecule has 0 bridgehead atoms. The topological polar surface area (TPSA) is 38.8 Å². The van der Waals surface area contributed by atoms with Crippen LogP contribution in [0.25, 0.3) is 6.08 Å². The fraction of sp³-hybridized carbons (Fsp3) is 0.286. The maximum absolute atomic E-state index is 12.8. The van der Waals surface area contributed by atoms with Crippen LogP contribution in [0.2, 0.25) is 0 Å². The smallest absolute Gasteiger partial charge is 0.250 e. The Morgan fingerprint density at radius 2 is 1.80 bits per heavy atom. The molecule has 0 aliphatic carbocycles. The number of hydrogen-bond acceptors (Lipinski definition) is 3. The Kier molecular flexibility index (Phi) is 4.42. The zero-order chi connectivity index (χ0) is 17.1. The molecule has 1 fully saturated rings. The van der Waals surface area contributed by atoms with E-state index in [1.54, 1.807) is 0 Å². The number of hydrogen-bond donors (Lipinski definition) is 0. The van der Waals surface area contributed by atoms with Gasteiger partial charge in [-0.05, 0) is 42.2 Å². The molecule has 0 spiro atoms. The third kappa shape index (κ3) is 3.53. The van der Waals surface area contributed by atoms with E-state index in [0.717, 1.165) is 47.6 Å². The van der Waals surface area contributed by atoms with Gasteiger partial charge in [0.1, 0.15) is 13.2 Å². The van der Waals surface area contributed by atoms with Crippen molar-refractivity contribution in [2.24, 2.45) is 0 Å². The van der Waals surface area contributed by atoms with Crippen LogP contribution < -0.4 is 9.47 Å². The van der Waals surface area contributed by atoms with Crippen LogP contribution in [0, 0.1) is 0 Å². The molecule has 0 N–H and O–H groups in total. The van der Waals surface area contributed by atoms with E-state index in [4.69, 9.17) is 9.47 Å². The van der Waals surface area contributed by atoms with Gasteiger partial charge in [0, 0.05) is 18.7 Å². The summed E-state index contributed by atoms with van der Waals surface area (Å²) in [5.74, 6) is 1.66. The summed E-state index contributed by atoms with van der Waals surface area (Å²) in [6, 6.07) is 16.0. The van der Waals surface area contributed by atoms with E-state index >= 15 is 0 Å². The lowest BCUT2D eigenvalue weighted by molar-refractivity contribution is -0.129. The largest absolute Gasteiger partial charge is 0.486 e. The maximum Gasteiger partial charge on any atom is 0.250 e. The minimum absolute atomic E-state index is 0.130. The number of carbonyl (C=O) groups excluding carboxylic acids is 1. The Bertz CT molecular complexity index is 798. The first-order valence-electron chi connectivity index (χ1n) is 8.73. The predicted molar refractivity (Wildman–Crippen MR) is 96.5 cm³/mol. The van der Waals surface area contributed by atoms with E-state index in [2.05, 4.69) is 12.1 Å². The molecule has 4 rings (SSSR count). The molecule has 1 saturated heterocycles. The number of benzene rings is 2. The molecule has 0 atom stereocenters. The maximum atomic E-state index is 12.8. The third-order valence-corrected chi connectivity index (χ3v) is 4.56. The first kappa shape index (κ1) is 15.8. The highest BCUT2D eigenvalue weighted by Gasteiger charge is 2.23. The van der Waals surface area contributed by atoms with E-state index in [1.165, 1.54) is 0 Å². The summed E-state index contributed by atoms with van der Waals surface area (Å²) >= 11 is 0. The van der Waals surface area contributed by atoms with Crippen molar-refractivity contribution >= 4 is 12.0 Å². The van der Waals surface area contributed by atoms with Gasteiger partial charge in [0.15, 0.2) is 11.5 Å². The number of nitrogens with zero attached hydrogens (tertiary/aromatic N) is 1. The average molecular weight is 335 g/mol. The van der Waals surface area contributed by atoms with Crippen molar-refractivity contribution in [2.75, 3.05) is 19.8 Å². The fourth-order valence-corrected chi connectivity index (χ4v) is 3.31. The van der Waals surface area contributed by atoms with Crippen LogP contribution >= 0.6 is 0 Å². The lowest BCUT2D eigenvalue weighted by Crippen LogP contribution is -2.36. The summed E-state index contributed by atoms with van der Waals surface area (Å²) in [6.45, 7) is 2.63. The van der Waals surface area contributed by atoms with Gasteiger partial charge >= 0.3 is 0 Å². The third-order valence-electron chi connectivity index (χ3n) is 4.56.